The minimum Gasteiger partial charge on any atom is -0.287 e. The molecule has 2 aromatic carbocycles. The van der Waals surface area contributed by atoms with Gasteiger partial charge in [0.1, 0.15) is 23.1 Å². The first-order chi connectivity index (χ1) is 15.4. The molecule has 1 aliphatic heterocycles. The van der Waals surface area contributed by atoms with Gasteiger partial charge in [-0.05, 0) is 36.4 Å². The second-order valence-corrected chi connectivity index (χ2v) is 8.10. The van der Waals surface area contributed by atoms with Crippen molar-refractivity contribution >= 4 is 68.1 Å². The number of benzene rings is 2. The number of nitrogens with zero attached hydrogens (tertiary/aromatic N) is 4. The number of aromatic nitrogens is 1. The number of hydrazone groups is 1. The number of imide groups is 1. The van der Waals surface area contributed by atoms with Gasteiger partial charge in [-0.15, -0.1) is 11.3 Å². The van der Waals surface area contributed by atoms with Crippen molar-refractivity contribution in [1.29, 1.82) is 5.26 Å². The van der Waals surface area contributed by atoms with Crippen LogP contribution in [0.1, 0.15) is 17.3 Å². The normalized spacial score (nSPS) is 17.6. The largest absolute Gasteiger partial charge is 0.302 e. The summed E-state index contributed by atoms with van der Waals surface area (Å²) in [6, 6.07) is 14.5. The number of carbonyl (C=O) groups excluding carboxylic acids is 4. The minimum atomic E-state index is -1.39. The zero-order valence-corrected chi connectivity index (χ0v) is 17.7. The highest BCUT2D eigenvalue weighted by Gasteiger charge is 2.48. The van der Waals surface area contributed by atoms with E-state index in [1.54, 1.807) is 30.3 Å². The van der Waals surface area contributed by atoms with Crippen molar-refractivity contribution in [2.75, 3.05) is 4.90 Å². The number of hydrogen-bond donors (Lipinski definition) is 1. The molecule has 1 N–H and O–H groups in total. The lowest BCUT2D eigenvalue weighted by Gasteiger charge is -2.29. The van der Waals surface area contributed by atoms with Crippen LogP contribution < -0.4 is 10.3 Å². The Kier molecular flexibility index (Phi) is 5.77. The second kappa shape index (κ2) is 8.66. The summed E-state index contributed by atoms with van der Waals surface area (Å²) in [6.07, 6.45) is -0.495. The fraction of sp³-hybridized carbons (Fsp3) is 0.0952. The third-order valence-corrected chi connectivity index (χ3v) is 5.91. The van der Waals surface area contributed by atoms with E-state index in [9.17, 15) is 19.2 Å². The number of para-hydroxylation sites is 1. The Morgan fingerprint density at radius 3 is 2.56 bits per heavy atom. The van der Waals surface area contributed by atoms with Crippen LogP contribution in [0.2, 0.25) is 5.02 Å². The molecule has 0 saturated carbocycles. The van der Waals surface area contributed by atoms with E-state index in [-0.39, 0.29) is 16.4 Å². The van der Waals surface area contributed by atoms with E-state index in [2.05, 4.69) is 15.5 Å². The smallest absolute Gasteiger partial charge is 0.287 e. The number of rotatable bonds is 4. The fourth-order valence-corrected chi connectivity index (χ4v) is 4.30. The Morgan fingerprint density at radius 2 is 1.88 bits per heavy atom. The zero-order valence-electron chi connectivity index (χ0n) is 16.1. The van der Waals surface area contributed by atoms with Gasteiger partial charge in [0.15, 0.2) is 0 Å². The average molecular weight is 466 g/mol. The second-order valence-electron chi connectivity index (χ2n) is 6.61. The van der Waals surface area contributed by atoms with E-state index >= 15 is 0 Å². The highest BCUT2D eigenvalue weighted by atomic mass is 35.5. The van der Waals surface area contributed by atoms with Crippen molar-refractivity contribution in [3.8, 4) is 6.07 Å². The number of carbonyl (C=O) groups is 4. The van der Waals surface area contributed by atoms with Crippen molar-refractivity contribution in [3.63, 3.8) is 0 Å². The highest BCUT2D eigenvalue weighted by Crippen LogP contribution is 2.33. The van der Waals surface area contributed by atoms with E-state index < -0.39 is 35.8 Å². The molecule has 1 atom stereocenters. The molecule has 0 radical (unpaired) electrons. The summed E-state index contributed by atoms with van der Waals surface area (Å²) >= 11 is 7.02. The molecule has 0 unspecified atom stereocenters. The molecule has 32 heavy (non-hydrogen) atoms. The molecule has 2 heterocycles. The lowest BCUT2D eigenvalue weighted by molar-refractivity contribution is -0.139. The number of fused-ring (bicyclic) bond motifs is 1. The van der Waals surface area contributed by atoms with Crippen LogP contribution in [0.5, 0.6) is 0 Å². The van der Waals surface area contributed by atoms with Crippen LogP contribution in [0.4, 0.5) is 5.69 Å². The summed E-state index contributed by atoms with van der Waals surface area (Å²) < 4.78 is 0.753. The number of halogens is 1. The van der Waals surface area contributed by atoms with Crippen LogP contribution in [0.25, 0.3) is 10.2 Å². The number of amides is 3. The molecule has 1 aromatic heterocycles. The first-order valence-electron chi connectivity index (χ1n) is 9.17. The van der Waals surface area contributed by atoms with E-state index in [1.165, 1.54) is 24.3 Å². The van der Waals surface area contributed by atoms with Crippen molar-refractivity contribution in [1.82, 2.24) is 10.4 Å². The molecule has 1 saturated heterocycles. The molecular weight excluding hydrogens is 454 g/mol. The van der Waals surface area contributed by atoms with E-state index in [0.29, 0.717) is 15.4 Å². The highest BCUT2D eigenvalue weighted by molar-refractivity contribution is 7.19. The van der Waals surface area contributed by atoms with Gasteiger partial charge >= 0.3 is 5.91 Å². The predicted molar refractivity (Wildman–Crippen MR) is 117 cm³/mol. The minimum absolute atomic E-state index is 0.122. The van der Waals surface area contributed by atoms with Gasteiger partial charge in [0.05, 0.1) is 22.0 Å². The molecule has 11 heteroatoms. The number of hydrogen-bond acceptors (Lipinski definition) is 8. The molecule has 0 aliphatic carbocycles. The van der Waals surface area contributed by atoms with Crippen LogP contribution in [0, 0.1) is 11.3 Å². The van der Waals surface area contributed by atoms with Crippen LogP contribution in [0.15, 0.2) is 53.6 Å². The molecule has 0 spiro atoms. The SMILES string of the molecule is N#CCC(=O)N/N=C1\C(=O)N(c2ccc(Cl)cc2)C(=O)C(=O)[C@H]1c1nc2ccccc2s1. The molecule has 3 aromatic rings. The molecule has 158 valence electrons. The maximum absolute atomic E-state index is 13.3. The van der Waals surface area contributed by atoms with Crippen LogP contribution in [-0.2, 0) is 19.2 Å². The first kappa shape index (κ1) is 21.3. The van der Waals surface area contributed by atoms with Crippen molar-refractivity contribution < 1.29 is 19.2 Å². The van der Waals surface area contributed by atoms with Gasteiger partial charge < -0.3 is 0 Å². The van der Waals surface area contributed by atoms with Gasteiger partial charge in [0, 0.05) is 5.02 Å². The Labute approximate surface area is 189 Å². The number of anilines is 1. The summed E-state index contributed by atoms with van der Waals surface area (Å²) in [7, 11) is 0. The quantitative estimate of drug-likeness (QED) is 0.357. The van der Waals surface area contributed by atoms with Crippen LogP contribution in [0.3, 0.4) is 0 Å². The predicted octanol–water partition coefficient (Wildman–Crippen LogP) is 2.56. The van der Waals surface area contributed by atoms with Crippen LogP contribution in [-0.4, -0.2) is 34.2 Å². The summed E-state index contributed by atoms with van der Waals surface area (Å²) in [6.45, 7) is 0. The third kappa shape index (κ3) is 3.87. The van der Waals surface area contributed by atoms with Crippen LogP contribution >= 0.6 is 22.9 Å². The lowest BCUT2D eigenvalue weighted by atomic mass is 9.92. The summed E-state index contributed by atoms with van der Waals surface area (Å²) in [5, 5.41) is 13.1. The Morgan fingerprint density at radius 1 is 1.16 bits per heavy atom. The van der Waals surface area contributed by atoms with Crippen molar-refractivity contribution in [3.05, 3.63) is 58.6 Å². The van der Waals surface area contributed by atoms with Gasteiger partial charge in [0.25, 0.3) is 11.8 Å². The number of thiazole rings is 1. The first-order valence-corrected chi connectivity index (χ1v) is 10.4. The topological polar surface area (TPSA) is 133 Å². The van der Waals surface area contributed by atoms with Crippen molar-refractivity contribution in [2.45, 2.75) is 12.3 Å². The van der Waals surface area contributed by atoms with Crippen molar-refractivity contribution in [2.24, 2.45) is 5.10 Å². The lowest BCUT2D eigenvalue weighted by Crippen LogP contribution is -2.55. The Bertz CT molecular complexity index is 1310. The standard InChI is InChI=1S/C21H12ClN5O4S/c22-11-5-7-12(8-6-11)27-20(30)17(26-25-15(28)9-10-23)16(18(29)21(27)31)19-24-13-3-1-2-4-14(13)32-19/h1-8,16H,9H2,(H,25,28)/b26-17-/t16-/m0/s1. The number of Topliss-reactive ketones (excluding diaryl/α,β-unsaturated/α-hetero) is 1. The summed E-state index contributed by atoms with van der Waals surface area (Å²) in [5.41, 5.74) is 2.44. The monoisotopic (exact) mass is 465 g/mol. The van der Waals surface area contributed by atoms with E-state index in [1.807, 2.05) is 0 Å². The number of nitriles is 1. The molecule has 1 aliphatic rings. The van der Waals surface area contributed by atoms with Gasteiger partial charge in [0.2, 0.25) is 5.78 Å². The maximum atomic E-state index is 13.3. The molecule has 9 nitrogen and oxygen atoms in total. The maximum Gasteiger partial charge on any atom is 0.302 e. The van der Waals surface area contributed by atoms with Gasteiger partial charge in [-0.2, -0.15) is 10.4 Å². The summed E-state index contributed by atoms with van der Waals surface area (Å²) in [5.74, 6) is -5.02. The Hall–Kier alpha value is -3.94. The zero-order chi connectivity index (χ0) is 22.8. The van der Waals surface area contributed by atoms with E-state index in [4.69, 9.17) is 16.9 Å². The molecule has 4 rings (SSSR count). The van der Waals surface area contributed by atoms with Gasteiger partial charge in [-0.1, -0.05) is 23.7 Å². The van der Waals surface area contributed by atoms with E-state index in [0.717, 1.165) is 16.0 Å². The molecule has 1 fully saturated rings. The number of nitrogens with one attached hydrogen (secondary N) is 1. The Balaban J connectivity index is 1.81. The molecule has 3 amide bonds. The van der Waals surface area contributed by atoms with Gasteiger partial charge in [-0.25, -0.2) is 15.3 Å². The number of ketones is 1. The van der Waals surface area contributed by atoms with Gasteiger partial charge in [-0.3, -0.25) is 19.2 Å². The number of piperidine rings is 1. The molecule has 0 bridgehead atoms. The average Bonchev–Trinajstić information content (AvgIpc) is 3.20. The summed E-state index contributed by atoms with van der Waals surface area (Å²) in [4.78, 5) is 56.2. The third-order valence-electron chi connectivity index (χ3n) is 4.55. The fourth-order valence-electron chi connectivity index (χ4n) is 3.10. The molecular formula is C21H12ClN5O4S.